The molecule has 5 nitrogen and oxygen atoms in total. The van der Waals surface area contributed by atoms with Crippen LogP contribution in [0.4, 0.5) is 14.5 Å². The number of nitrogens with one attached hydrogen (secondary N) is 1. The number of nitro groups is 1. The van der Waals surface area contributed by atoms with Crippen LogP contribution in [-0.2, 0) is 0 Å². The highest BCUT2D eigenvalue weighted by atomic mass is 35.5. The molecule has 1 aromatic rings. The lowest BCUT2D eigenvalue weighted by Gasteiger charge is -2.14. The predicted molar refractivity (Wildman–Crippen MR) is 63.2 cm³/mol. The van der Waals surface area contributed by atoms with E-state index in [0.717, 1.165) is 0 Å². The van der Waals surface area contributed by atoms with Crippen LogP contribution in [0.3, 0.4) is 0 Å². The van der Waals surface area contributed by atoms with Crippen molar-refractivity contribution < 1.29 is 18.5 Å². The third kappa shape index (κ3) is 2.65. The number of rotatable bonds is 4. The Kier molecular flexibility index (Phi) is 3.40. The Morgan fingerprint density at radius 3 is 2.47 bits per heavy atom. The van der Waals surface area contributed by atoms with Gasteiger partial charge in [-0.1, -0.05) is 0 Å². The summed E-state index contributed by atoms with van der Waals surface area (Å²) in [6.45, 7) is 0. The molecule has 0 atom stereocenters. The number of hydrogen-bond donors (Lipinski definition) is 1. The molecule has 1 fully saturated rings. The highest BCUT2D eigenvalue weighted by molar-refractivity contribution is 6.19. The molecule has 1 amide bonds. The Hall–Kier alpha value is -1.76. The van der Waals surface area contributed by atoms with Gasteiger partial charge < -0.3 is 5.32 Å². The Balaban J connectivity index is 2.35. The van der Waals surface area contributed by atoms with Crippen LogP contribution < -0.4 is 5.32 Å². The van der Waals surface area contributed by atoms with Crippen molar-refractivity contribution in [2.75, 3.05) is 5.88 Å². The van der Waals surface area contributed by atoms with E-state index in [1.807, 2.05) is 0 Å². The molecule has 1 saturated carbocycles. The fourth-order valence-corrected chi connectivity index (χ4v) is 1.95. The second-order valence-electron chi connectivity index (χ2n) is 4.41. The molecule has 8 heteroatoms. The van der Waals surface area contributed by atoms with E-state index in [4.69, 9.17) is 11.6 Å². The maximum absolute atomic E-state index is 13.1. The minimum atomic E-state index is -1.37. The van der Waals surface area contributed by atoms with E-state index in [2.05, 4.69) is 5.32 Å². The summed E-state index contributed by atoms with van der Waals surface area (Å²) in [5.74, 6) is -3.35. The van der Waals surface area contributed by atoms with Crippen LogP contribution in [0.5, 0.6) is 0 Å². The molecule has 0 radical (unpaired) electrons. The van der Waals surface area contributed by atoms with Gasteiger partial charge in [-0.2, -0.15) is 0 Å². The van der Waals surface area contributed by atoms with Gasteiger partial charge in [-0.25, -0.2) is 8.78 Å². The van der Waals surface area contributed by atoms with E-state index in [1.54, 1.807) is 0 Å². The number of nitro benzene ring substituents is 1. The molecule has 0 spiro atoms. The minimum absolute atomic E-state index is 0.163. The lowest BCUT2D eigenvalue weighted by Crippen LogP contribution is -2.38. The van der Waals surface area contributed by atoms with E-state index < -0.39 is 39.3 Å². The summed E-state index contributed by atoms with van der Waals surface area (Å²) in [6.07, 6.45) is 1.30. The topological polar surface area (TPSA) is 72.2 Å². The molecule has 0 aliphatic heterocycles. The maximum atomic E-state index is 13.1. The van der Waals surface area contributed by atoms with Gasteiger partial charge in [0, 0.05) is 5.88 Å². The molecule has 19 heavy (non-hydrogen) atoms. The van der Waals surface area contributed by atoms with Gasteiger partial charge in [0.1, 0.15) is 5.56 Å². The fraction of sp³-hybridized carbons (Fsp3) is 0.364. The Morgan fingerprint density at radius 1 is 1.42 bits per heavy atom. The zero-order chi connectivity index (χ0) is 14.2. The second kappa shape index (κ2) is 4.73. The quantitative estimate of drug-likeness (QED) is 0.526. The van der Waals surface area contributed by atoms with Gasteiger partial charge in [-0.15, -0.1) is 11.6 Å². The first-order valence-corrected chi connectivity index (χ1v) is 5.94. The van der Waals surface area contributed by atoms with Gasteiger partial charge in [0.15, 0.2) is 11.6 Å². The number of alkyl halides is 1. The molecule has 1 N–H and O–H groups in total. The number of amides is 1. The van der Waals surface area contributed by atoms with E-state index in [1.165, 1.54) is 0 Å². The molecule has 102 valence electrons. The number of benzene rings is 1. The van der Waals surface area contributed by atoms with Crippen molar-refractivity contribution in [2.45, 2.75) is 18.4 Å². The van der Waals surface area contributed by atoms with E-state index in [9.17, 15) is 23.7 Å². The van der Waals surface area contributed by atoms with Gasteiger partial charge in [-0.05, 0) is 18.9 Å². The lowest BCUT2D eigenvalue weighted by atomic mass is 10.1. The fourth-order valence-electron chi connectivity index (χ4n) is 1.62. The highest BCUT2D eigenvalue weighted by Gasteiger charge is 2.44. The van der Waals surface area contributed by atoms with Crippen molar-refractivity contribution >= 4 is 23.2 Å². The molecule has 2 rings (SSSR count). The number of carbonyl (C=O) groups is 1. The van der Waals surface area contributed by atoms with Gasteiger partial charge in [-0.3, -0.25) is 14.9 Å². The molecule has 1 aliphatic carbocycles. The van der Waals surface area contributed by atoms with Crippen LogP contribution in [0, 0.1) is 21.7 Å². The molecular formula is C11H9ClF2N2O3. The summed E-state index contributed by atoms with van der Waals surface area (Å²) >= 11 is 5.66. The Labute approximate surface area is 111 Å². The van der Waals surface area contributed by atoms with Crippen molar-refractivity contribution in [1.29, 1.82) is 0 Å². The van der Waals surface area contributed by atoms with Crippen molar-refractivity contribution in [1.82, 2.24) is 5.32 Å². The van der Waals surface area contributed by atoms with Crippen molar-refractivity contribution in [3.05, 3.63) is 39.4 Å². The van der Waals surface area contributed by atoms with Gasteiger partial charge >= 0.3 is 0 Å². The summed E-state index contributed by atoms with van der Waals surface area (Å²) in [5.41, 5.74) is -1.88. The number of hydrogen-bond acceptors (Lipinski definition) is 3. The highest BCUT2D eigenvalue weighted by Crippen LogP contribution is 2.37. The van der Waals surface area contributed by atoms with Crippen molar-refractivity contribution in [3.8, 4) is 0 Å². The van der Waals surface area contributed by atoms with Crippen LogP contribution >= 0.6 is 11.6 Å². The third-order valence-electron chi connectivity index (χ3n) is 2.97. The van der Waals surface area contributed by atoms with E-state index >= 15 is 0 Å². The average molecular weight is 291 g/mol. The lowest BCUT2D eigenvalue weighted by molar-refractivity contribution is -0.385. The SMILES string of the molecule is O=C(NC1(CCl)CC1)c1cc(F)c(F)cc1[N+](=O)[O-]. The molecule has 0 aromatic heterocycles. The van der Waals surface area contributed by atoms with Gasteiger partial charge in [0.2, 0.25) is 0 Å². The predicted octanol–water partition coefficient (Wildman–Crippen LogP) is 2.37. The molecule has 0 heterocycles. The number of nitrogens with zero attached hydrogens (tertiary/aromatic N) is 1. The van der Waals surface area contributed by atoms with Crippen molar-refractivity contribution in [2.24, 2.45) is 0 Å². The van der Waals surface area contributed by atoms with Crippen LogP contribution in [-0.4, -0.2) is 22.2 Å². The molecule has 0 bridgehead atoms. The second-order valence-corrected chi connectivity index (χ2v) is 4.68. The van der Waals surface area contributed by atoms with Gasteiger partial charge in [0.05, 0.1) is 16.5 Å². The monoisotopic (exact) mass is 290 g/mol. The molecule has 1 aliphatic rings. The van der Waals surface area contributed by atoms with Crippen LogP contribution in [0.2, 0.25) is 0 Å². The zero-order valence-electron chi connectivity index (χ0n) is 9.58. The first kappa shape index (κ1) is 13.7. The molecule has 0 unspecified atom stereocenters. The summed E-state index contributed by atoms with van der Waals surface area (Å²) < 4.78 is 26.1. The van der Waals surface area contributed by atoms with Crippen LogP contribution in [0.1, 0.15) is 23.2 Å². The van der Waals surface area contributed by atoms with Crippen LogP contribution in [0.25, 0.3) is 0 Å². The molecular weight excluding hydrogens is 282 g/mol. The first-order valence-electron chi connectivity index (χ1n) is 5.40. The molecule has 0 saturated heterocycles. The van der Waals surface area contributed by atoms with E-state index in [-0.39, 0.29) is 5.88 Å². The normalized spacial score (nSPS) is 15.9. The standard InChI is InChI=1S/C11H9ClF2N2O3/c12-5-11(1-2-11)15-10(17)6-3-7(13)8(14)4-9(6)16(18)19/h3-4H,1-2,5H2,(H,15,17). The van der Waals surface area contributed by atoms with Crippen molar-refractivity contribution in [3.63, 3.8) is 0 Å². The third-order valence-corrected chi connectivity index (χ3v) is 3.48. The summed E-state index contributed by atoms with van der Waals surface area (Å²) in [5, 5.41) is 13.3. The number of halogens is 3. The number of carbonyl (C=O) groups excluding carboxylic acids is 1. The summed E-state index contributed by atoms with van der Waals surface area (Å²) in [4.78, 5) is 21.7. The zero-order valence-corrected chi connectivity index (χ0v) is 10.3. The largest absolute Gasteiger partial charge is 0.345 e. The van der Waals surface area contributed by atoms with Crippen LogP contribution in [0.15, 0.2) is 12.1 Å². The smallest absolute Gasteiger partial charge is 0.285 e. The van der Waals surface area contributed by atoms with Gasteiger partial charge in [0.25, 0.3) is 11.6 Å². The Morgan fingerprint density at radius 2 is 2.00 bits per heavy atom. The first-order chi connectivity index (χ1) is 8.88. The summed E-state index contributed by atoms with van der Waals surface area (Å²) in [7, 11) is 0. The summed E-state index contributed by atoms with van der Waals surface area (Å²) in [6, 6.07) is 0.914. The minimum Gasteiger partial charge on any atom is -0.345 e. The molecule has 1 aromatic carbocycles. The average Bonchev–Trinajstić information content (AvgIpc) is 3.12. The maximum Gasteiger partial charge on any atom is 0.285 e. The van der Waals surface area contributed by atoms with E-state index in [0.29, 0.717) is 25.0 Å². The Bertz CT molecular complexity index is 561.